The van der Waals surface area contributed by atoms with Crippen LogP contribution in [0.4, 0.5) is 4.39 Å². The van der Waals surface area contributed by atoms with Crippen molar-refractivity contribution >= 4 is 62.3 Å². The summed E-state index contributed by atoms with van der Waals surface area (Å²) in [5, 5.41) is 6.33. The standard InChI is InChI=1S/C30H18ClFIN3O3/c31-21-8-12-26-20(14-21)15-28(39-26)29-35-25-4-2-1-3-23(25)30(37)36(29)34-16-19-7-11-27(24(33)13-19)38-17-18-5-9-22(32)10-6-18/h1-16H,17H2. The minimum atomic E-state index is -0.320. The Labute approximate surface area is 240 Å². The van der Waals surface area contributed by atoms with E-state index in [9.17, 15) is 9.18 Å². The van der Waals surface area contributed by atoms with Gasteiger partial charge in [0.25, 0.3) is 5.56 Å². The molecule has 6 rings (SSSR count). The molecule has 2 heterocycles. The average molecular weight is 650 g/mol. The third-order valence-corrected chi connectivity index (χ3v) is 7.12. The zero-order valence-corrected chi connectivity index (χ0v) is 23.1. The molecule has 0 atom stereocenters. The van der Waals surface area contributed by atoms with Gasteiger partial charge in [-0.1, -0.05) is 35.9 Å². The summed E-state index contributed by atoms with van der Waals surface area (Å²) in [6.45, 7) is 0.313. The van der Waals surface area contributed by atoms with E-state index in [-0.39, 0.29) is 17.2 Å². The second-order valence-corrected chi connectivity index (χ2v) is 10.3. The minimum absolute atomic E-state index is 0.274. The van der Waals surface area contributed by atoms with E-state index in [4.69, 9.17) is 25.7 Å². The van der Waals surface area contributed by atoms with E-state index in [1.165, 1.54) is 16.8 Å². The maximum atomic E-state index is 13.5. The quantitative estimate of drug-likeness (QED) is 0.137. The van der Waals surface area contributed by atoms with Crippen molar-refractivity contribution in [2.75, 3.05) is 0 Å². The topological polar surface area (TPSA) is 69.6 Å². The summed E-state index contributed by atoms with van der Waals surface area (Å²) in [6.07, 6.45) is 1.59. The van der Waals surface area contributed by atoms with Gasteiger partial charge in [-0.05, 0) is 100 Å². The number of halogens is 3. The fourth-order valence-electron chi connectivity index (χ4n) is 4.10. The van der Waals surface area contributed by atoms with Crippen LogP contribution in [-0.2, 0) is 6.61 Å². The van der Waals surface area contributed by atoms with Gasteiger partial charge in [0.2, 0.25) is 5.82 Å². The van der Waals surface area contributed by atoms with Gasteiger partial charge < -0.3 is 9.15 Å². The van der Waals surface area contributed by atoms with Crippen LogP contribution in [-0.4, -0.2) is 15.9 Å². The summed E-state index contributed by atoms with van der Waals surface area (Å²) in [4.78, 5) is 18.2. The van der Waals surface area contributed by atoms with Crippen LogP contribution in [0.1, 0.15) is 11.1 Å². The van der Waals surface area contributed by atoms with E-state index >= 15 is 0 Å². The van der Waals surface area contributed by atoms with Crippen LogP contribution in [0.15, 0.2) is 105 Å². The third-order valence-electron chi connectivity index (χ3n) is 6.04. The molecule has 0 fully saturated rings. The van der Waals surface area contributed by atoms with Gasteiger partial charge in [0, 0.05) is 10.4 Å². The maximum Gasteiger partial charge on any atom is 0.282 e. The number of hydrogen-bond donors (Lipinski definition) is 0. The van der Waals surface area contributed by atoms with Gasteiger partial charge in [0.1, 0.15) is 23.8 Å². The van der Waals surface area contributed by atoms with Crippen LogP contribution in [0.3, 0.4) is 0 Å². The van der Waals surface area contributed by atoms with Crippen molar-refractivity contribution in [2.45, 2.75) is 6.61 Å². The predicted molar refractivity (Wildman–Crippen MR) is 159 cm³/mol. The summed E-state index contributed by atoms with van der Waals surface area (Å²) in [6, 6.07) is 26.0. The number of ether oxygens (including phenoxy) is 1. The lowest BCUT2D eigenvalue weighted by atomic mass is 10.2. The largest absolute Gasteiger partial charge is 0.488 e. The van der Waals surface area contributed by atoms with Crippen LogP contribution in [0, 0.1) is 9.39 Å². The molecule has 6 nitrogen and oxygen atoms in total. The first-order valence-electron chi connectivity index (χ1n) is 11.9. The van der Waals surface area contributed by atoms with E-state index < -0.39 is 0 Å². The van der Waals surface area contributed by atoms with Crippen molar-refractivity contribution in [1.82, 2.24) is 9.66 Å². The molecule has 0 unspecified atom stereocenters. The minimum Gasteiger partial charge on any atom is -0.488 e. The SMILES string of the molecule is O=c1c2ccccc2nc(-c2cc3cc(Cl)ccc3o2)n1N=Cc1ccc(OCc2ccc(F)cc2)c(I)c1. The van der Waals surface area contributed by atoms with Gasteiger partial charge in [-0.15, -0.1) is 0 Å². The van der Waals surface area contributed by atoms with Crippen molar-refractivity contribution in [3.8, 4) is 17.3 Å². The molecule has 0 saturated heterocycles. The van der Waals surface area contributed by atoms with Gasteiger partial charge in [-0.3, -0.25) is 4.79 Å². The molecule has 6 aromatic rings. The number of benzene rings is 4. The number of nitrogens with zero attached hydrogens (tertiary/aromatic N) is 3. The van der Waals surface area contributed by atoms with Gasteiger partial charge in [-0.25, -0.2) is 9.37 Å². The van der Waals surface area contributed by atoms with E-state index in [1.54, 1.807) is 60.8 Å². The molecule has 9 heteroatoms. The first-order valence-corrected chi connectivity index (χ1v) is 13.3. The van der Waals surface area contributed by atoms with Gasteiger partial charge in [0.05, 0.1) is 20.7 Å². The first kappa shape index (κ1) is 25.3. The molecular formula is C30H18ClFIN3O3. The van der Waals surface area contributed by atoms with Crippen molar-refractivity contribution in [1.29, 1.82) is 0 Å². The molecule has 0 bridgehead atoms. The van der Waals surface area contributed by atoms with Crippen LogP contribution in [0.25, 0.3) is 33.5 Å². The predicted octanol–water partition coefficient (Wildman–Crippen LogP) is 7.67. The summed E-state index contributed by atoms with van der Waals surface area (Å²) in [5.74, 6) is 1.07. The Balaban J connectivity index is 1.35. The highest BCUT2D eigenvalue weighted by molar-refractivity contribution is 14.1. The number of furan rings is 1. The molecule has 0 aliphatic heterocycles. The molecule has 0 saturated carbocycles. The van der Waals surface area contributed by atoms with Crippen molar-refractivity contribution in [2.24, 2.45) is 5.10 Å². The lowest BCUT2D eigenvalue weighted by Gasteiger charge is -2.09. The molecule has 0 amide bonds. The van der Waals surface area contributed by atoms with E-state index in [1.807, 2.05) is 24.3 Å². The zero-order valence-electron chi connectivity index (χ0n) is 20.1. The molecule has 0 aliphatic carbocycles. The molecule has 0 N–H and O–H groups in total. The van der Waals surface area contributed by atoms with E-state index in [2.05, 4.69) is 27.7 Å². The van der Waals surface area contributed by atoms with E-state index in [0.717, 1.165) is 20.1 Å². The summed E-state index contributed by atoms with van der Waals surface area (Å²) < 4.78 is 27.2. The first-order chi connectivity index (χ1) is 18.9. The smallest absolute Gasteiger partial charge is 0.282 e. The molecule has 2 aromatic heterocycles. The third kappa shape index (κ3) is 5.30. The highest BCUT2D eigenvalue weighted by atomic mass is 127. The van der Waals surface area contributed by atoms with Crippen molar-refractivity contribution < 1.29 is 13.5 Å². The number of fused-ring (bicyclic) bond motifs is 2. The molecule has 0 radical (unpaired) electrons. The highest BCUT2D eigenvalue weighted by Crippen LogP contribution is 2.29. The molecular weight excluding hydrogens is 632 g/mol. The number of hydrogen-bond acceptors (Lipinski definition) is 5. The Morgan fingerprint density at radius 1 is 1.03 bits per heavy atom. The molecule has 192 valence electrons. The molecule has 0 aliphatic rings. The number of para-hydroxylation sites is 1. The molecule has 0 spiro atoms. The summed E-state index contributed by atoms with van der Waals surface area (Å²) in [5.41, 5.74) is 2.47. The lowest BCUT2D eigenvalue weighted by Crippen LogP contribution is -2.20. The Bertz CT molecular complexity index is 1930. The fraction of sp³-hybridized carbons (Fsp3) is 0.0333. The van der Waals surface area contributed by atoms with Gasteiger partial charge in [-0.2, -0.15) is 9.78 Å². The Morgan fingerprint density at radius 2 is 1.85 bits per heavy atom. The average Bonchev–Trinajstić information content (AvgIpc) is 3.36. The van der Waals surface area contributed by atoms with Crippen LogP contribution < -0.4 is 10.3 Å². The van der Waals surface area contributed by atoms with Crippen LogP contribution in [0.2, 0.25) is 5.02 Å². The zero-order chi connectivity index (χ0) is 26.9. The number of rotatable bonds is 6. The van der Waals surface area contributed by atoms with Crippen molar-refractivity contribution in [3.05, 3.63) is 127 Å². The van der Waals surface area contributed by atoms with Crippen molar-refractivity contribution in [3.63, 3.8) is 0 Å². The van der Waals surface area contributed by atoms with Crippen LogP contribution >= 0.6 is 34.2 Å². The molecule has 39 heavy (non-hydrogen) atoms. The van der Waals surface area contributed by atoms with Gasteiger partial charge in [0.15, 0.2) is 5.76 Å². The maximum absolute atomic E-state index is 13.5. The summed E-state index contributed by atoms with van der Waals surface area (Å²) >= 11 is 8.33. The molecule has 4 aromatic carbocycles. The fourth-order valence-corrected chi connectivity index (χ4v) is 4.97. The normalized spacial score (nSPS) is 11.6. The Kier molecular flexibility index (Phi) is 6.88. The van der Waals surface area contributed by atoms with Gasteiger partial charge >= 0.3 is 0 Å². The van der Waals surface area contributed by atoms with Crippen LogP contribution in [0.5, 0.6) is 5.75 Å². The summed E-state index contributed by atoms with van der Waals surface area (Å²) in [7, 11) is 0. The second kappa shape index (κ2) is 10.6. The number of aromatic nitrogens is 2. The second-order valence-electron chi connectivity index (χ2n) is 8.71. The lowest BCUT2D eigenvalue weighted by molar-refractivity contribution is 0.304. The monoisotopic (exact) mass is 649 g/mol. The van der Waals surface area contributed by atoms with E-state index in [0.29, 0.717) is 39.6 Å². The Hall–Kier alpha value is -4.02. The Morgan fingerprint density at radius 3 is 2.67 bits per heavy atom. The highest BCUT2D eigenvalue weighted by Gasteiger charge is 2.16.